The summed E-state index contributed by atoms with van der Waals surface area (Å²) in [6, 6.07) is 6.20. The molecule has 6 heteroatoms. The van der Waals surface area contributed by atoms with Gasteiger partial charge in [-0.1, -0.05) is 25.0 Å². The van der Waals surface area contributed by atoms with Gasteiger partial charge in [0.25, 0.3) is 0 Å². The maximum atomic E-state index is 13.1. The second kappa shape index (κ2) is 10.2. The molecule has 2 fully saturated rings. The van der Waals surface area contributed by atoms with E-state index in [1.807, 2.05) is 6.92 Å². The highest BCUT2D eigenvalue weighted by Crippen LogP contribution is 2.23. The van der Waals surface area contributed by atoms with Crippen LogP contribution >= 0.6 is 0 Å². The first-order chi connectivity index (χ1) is 14.0. The van der Waals surface area contributed by atoms with Crippen LogP contribution < -0.4 is 0 Å². The Morgan fingerprint density at radius 1 is 1.03 bits per heavy atom. The number of likely N-dealkylation sites (N-methyl/N-ethyl adjacent to an activating group) is 1. The summed E-state index contributed by atoms with van der Waals surface area (Å²) in [5.41, 5.74) is 0.920. The van der Waals surface area contributed by atoms with Crippen LogP contribution in [0, 0.1) is 11.7 Å². The Bertz CT molecular complexity index is 678. The number of piperidine rings is 1. The molecule has 1 unspecified atom stereocenters. The Morgan fingerprint density at radius 3 is 2.21 bits per heavy atom. The predicted molar refractivity (Wildman–Crippen MR) is 112 cm³/mol. The minimum Gasteiger partial charge on any atom is -0.342 e. The Kier molecular flexibility index (Phi) is 7.64. The standard InChI is InChI=1S/C23H34FN3O2/c1-18(19-7-9-21(24)10-8-19)25(2)22(28)17-26-15-11-20(12-16-26)23(29)27-13-5-3-4-6-14-27/h7-10,18,20H,3-6,11-17H2,1-2H3. The topological polar surface area (TPSA) is 43.9 Å². The van der Waals surface area contributed by atoms with Gasteiger partial charge in [-0.3, -0.25) is 14.5 Å². The molecular weight excluding hydrogens is 369 g/mol. The number of likely N-dealkylation sites (tertiary alicyclic amines) is 2. The van der Waals surface area contributed by atoms with Gasteiger partial charge in [-0.25, -0.2) is 4.39 Å². The number of carbonyl (C=O) groups is 2. The highest BCUT2D eigenvalue weighted by atomic mass is 19.1. The van der Waals surface area contributed by atoms with Gasteiger partial charge in [0.15, 0.2) is 0 Å². The van der Waals surface area contributed by atoms with E-state index in [0.29, 0.717) is 12.5 Å². The highest BCUT2D eigenvalue weighted by molar-refractivity contribution is 5.80. The predicted octanol–water partition coefficient (Wildman–Crippen LogP) is 3.46. The minimum atomic E-state index is -0.271. The fraction of sp³-hybridized carbons (Fsp3) is 0.652. The van der Waals surface area contributed by atoms with E-state index in [1.54, 1.807) is 24.1 Å². The van der Waals surface area contributed by atoms with Crippen molar-refractivity contribution >= 4 is 11.8 Å². The van der Waals surface area contributed by atoms with Gasteiger partial charge in [-0.2, -0.15) is 0 Å². The number of halogens is 1. The number of rotatable bonds is 5. The van der Waals surface area contributed by atoms with Crippen LogP contribution in [0.2, 0.25) is 0 Å². The van der Waals surface area contributed by atoms with Crippen molar-refractivity contribution < 1.29 is 14.0 Å². The molecule has 2 aliphatic heterocycles. The van der Waals surface area contributed by atoms with Crippen molar-refractivity contribution in [3.05, 3.63) is 35.6 Å². The van der Waals surface area contributed by atoms with Gasteiger partial charge in [0.2, 0.25) is 11.8 Å². The zero-order valence-electron chi connectivity index (χ0n) is 17.8. The molecule has 1 aromatic rings. The van der Waals surface area contributed by atoms with Crippen molar-refractivity contribution in [2.75, 3.05) is 39.8 Å². The fourth-order valence-corrected chi connectivity index (χ4v) is 4.37. The summed E-state index contributed by atoms with van der Waals surface area (Å²) in [6.07, 6.45) is 6.37. The Morgan fingerprint density at radius 2 is 1.62 bits per heavy atom. The van der Waals surface area contributed by atoms with E-state index < -0.39 is 0 Å². The zero-order chi connectivity index (χ0) is 20.8. The Hall–Kier alpha value is -1.95. The number of carbonyl (C=O) groups excluding carboxylic acids is 2. The molecule has 1 aromatic carbocycles. The van der Waals surface area contributed by atoms with Gasteiger partial charge >= 0.3 is 0 Å². The molecule has 160 valence electrons. The SMILES string of the molecule is CC(c1ccc(F)cc1)N(C)C(=O)CN1CCC(C(=O)N2CCCCCC2)CC1. The number of benzene rings is 1. The average molecular weight is 404 g/mol. The summed E-state index contributed by atoms with van der Waals surface area (Å²) in [7, 11) is 1.80. The molecule has 2 saturated heterocycles. The number of hydrogen-bond acceptors (Lipinski definition) is 3. The van der Waals surface area contributed by atoms with E-state index in [0.717, 1.165) is 57.4 Å². The zero-order valence-corrected chi connectivity index (χ0v) is 17.8. The van der Waals surface area contributed by atoms with Crippen molar-refractivity contribution in [2.24, 2.45) is 5.92 Å². The van der Waals surface area contributed by atoms with E-state index >= 15 is 0 Å². The van der Waals surface area contributed by atoms with E-state index in [4.69, 9.17) is 0 Å². The molecule has 2 amide bonds. The molecule has 0 radical (unpaired) electrons. The van der Waals surface area contributed by atoms with Crippen LogP contribution in [0.4, 0.5) is 4.39 Å². The molecule has 2 heterocycles. The third kappa shape index (κ3) is 5.78. The number of nitrogens with zero attached hydrogens (tertiary/aromatic N) is 3. The van der Waals surface area contributed by atoms with Gasteiger partial charge in [0.1, 0.15) is 5.82 Å². The second-order valence-electron chi connectivity index (χ2n) is 8.52. The lowest BCUT2D eigenvalue weighted by Crippen LogP contribution is -2.46. The van der Waals surface area contributed by atoms with Crippen LogP contribution in [0.1, 0.15) is 57.1 Å². The first kappa shape index (κ1) is 21.8. The molecule has 0 aromatic heterocycles. The van der Waals surface area contributed by atoms with Crippen LogP contribution in [0.3, 0.4) is 0 Å². The van der Waals surface area contributed by atoms with Crippen molar-refractivity contribution in [1.29, 1.82) is 0 Å². The maximum Gasteiger partial charge on any atom is 0.236 e. The van der Waals surface area contributed by atoms with Gasteiger partial charge in [0.05, 0.1) is 12.6 Å². The van der Waals surface area contributed by atoms with Crippen molar-refractivity contribution in [3.8, 4) is 0 Å². The van der Waals surface area contributed by atoms with Crippen LogP contribution in [-0.2, 0) is 9.59 Å². The Balaban J connectivity index is 1.46. The molecule has 0 saturated carbocycles. The minimum absolute atomic E-state index is 0.0547. The lowest BCUT2D eigenvalue weighted by Gasteiger charge is -2.35. The molecule has 0 aliphatic carbocycles. The van der Waals surface area contributed by atoms with E-state index in [2.05, 4.69) is 9.80 Å². The molecule has 0 bridgehead atoms. The normalized spacial score (nSPS) is 20.2. The van der Waals surface area contributed by atoms with Crippen molar-refractivity contribution in [3.63, 3.8) is 0 Å². The van der Waals surface area contributed by atoms with Gasteiger partial charge < -0.3 is 9.80 Å². The summed E-state index contributed by atoms with van der Waals surface area (Å²) < 4.78 is 13.1. The van der Waals surface area contributed by atoms with Crippen LogP contribution in [0.5, 0.6) is 0 Å². The first-order valence-electron chi connectivity index (χ1n) is 11.0. The van der Waals surface area contributed by atoms with Crippen molar-refractivity contribution in [1.82, 2.24) is 14.7 Å². The average Bonchev–Trinajstić information content (AvgIpc) is 3.03. The lowest BCUT2D eigenvalue weighted by molar-refractivity contribution is -0.137. The van der Waals surface area contributed by atoms with E-state index in [-0.39, 0.29) is 23.7 Å². The molecule has 2 aliphatic rings. The summed E-state index contributed by atoms with van der Waals surface area (Å²) in [6.45, 7) is 5.71. The third-order valence-corrected chi connectivity index (χ3v) is 6.54. The summed E-state index contributed by atoms with van der Waals surface area (Å²) in [5.74, 6) is 0.210. The van der Waals surface area contributed by atoms with E-state index in [9.17, 15) is 14.0 Å². The largest absolute Gasteiger partial charge is 0.342 e. The van der Waals surface area contributed by atoms with Gasteiger partial charge in [-0.15, -0.1) is 0 Å². The van der Waals surface area contributed by atoms with Crippen LogP contribution in [0.15, 0.2) is 24.3 Å². The fourth-order valence-electron chi connectivity index (χ4n) is 4.37. The molecule has 0 spiro atoms. The number of amides is 2. The summed E-state index contributed by atoms with van der Waals surface area (Å²) in [5, 5.41) is 0. The van der Waals surface area contributed by atoms with Gasteiger partial charge in [-0.05, 0) is 63.4 Å². The lowest BCUT2D eigenvalue weighted by atomic mass is 9.95. The first-order valence-corrected chi connectivity index (χ1v) is 11.0. The highest BCUT2D eigenvalue weighted by Gasteiger charge is 2.30. The van der Waals surface area contributed by atoms with Gasteiger partial charge in [0, 0.05) is 26.1 Å². The van der Waals surface area contributed by atoms with Crippen LogP contribution in [-0.4, -0.2) is 66.3 Å². The number of hydrogen-bond donors (Lipinski definition) is 0. The molecule has 29 heavy (non-hydrogen) atoms. The molecule has 0 N–H and O–H groups in total. The van der Waals surface area contributed by atoms with E-state index in [1.165, 1.54) is 25.0 Å². The second-order valence-corrected chi connectivity index (χ2v) is 8.52. The maximum absolute atomic E-state index is 13.1. The Labute approximate surface area is 173 Å². The molecular formula is C23H34FN3O2. The monoisotopic (exact) mass is 403 g/mol. The third-order valence-electron chi connectivity index (χ3n) is 6.54. The quantitative estimate of drug-likeness (QED) is 0.756. The smallest absolute Gasteiger partial charge is 0.236 e. The molecule has 1 atom stereocenters. The molecule has 3 rings (SSSR count). The molecule has 5 nitrogen and oxygen atoms in total. The van der Waals surface area contributed by atoms with Crippen molar-refractivity contribution in [2.45, 2.75) is 51.5 Å². The summed E-state index contributed by atoms with van der Waals surface area (Å²) in [4.78, 5) is 31.5. The summed E-state index contributed by atoms with van der Waals surface area (Å²) >= 11 is 0. The van der Waals surface area contributed by atoms with Crippen LogP contribution in [0.25, 0.3) is 0 Å².